The van der Waals surface area contributed by atoms with Crippen LogP contribution in [0.1, 0.15) is 12.8 Å². The molecule has 2 fully saturated rings. The molecule has 5 nitrogen and oxygen atoms in total. The second-order valence-electron chi connectivity index (χ2n) is 5.53. The highest BCUT2D eigenvalue weighted by Gasteiger charge is 2.34. The first-order chi connectivity index (χ1) is 9.08. The van der Waals surface area contributed by atoms with Gasteiger partial charge >= 0.3 is 5.17 Å². The zero-order chi connectivity index (χ0) is 13.8. The number of likely N-dealkylation sites (N-methyl/N-ethyl adjacent to an activating group) is 1. The van der Waals surface area contributed by atoms with Gasteiger partial charge in [0, 0.05) is 17.3 Å². The quantitative estimate of drug-likeness (QED) is 0.301. The zero-order valence-corrected chi connectivity index (χ0v) is 16.6. The van der Waals surface area contributed by atoms with Crippen LogP contribution in [0.2, 0.25) is 0 Å². The van der Waals surface area contributed by atoms with Crippen molar-refractivity contribution in [3.05, 3.63) is 0 Å². The van der Waals surface area contributed by atoms with Gasteiger partial charge in [0.05, 0.1) is 13.1 Å². The molecule has 0 saturated carbocycles. The van der Waals surface area contributed by atoms with E-state index >= 15 is 0 Å². The summed E-state index contributed by atoms with van der Waals surface area (Å²) in [5, 5.41) is 7.42. The van der Waals surface area contributed by atoms with E-state index in [1.165, 1.54) is 31.1 Å². The molecule has 2 aliphatic heterocycles. The fraction of sp³-hybridized carbons (Fsp3) is 0.917. The summed E-state index contributed by atoms with van der Waals surface area (Å²) in [5.74, 6) is 0. The van der Waals surface area contributed by atoms with Crippen LogP contribution in [0.5, 0.6) is 0 Å². The molecule has 118 valence electrons. The van der Waals surface area contributed by atoms with Crippen LogP contribution in [0.3, 0.4) is 0 Å². The molecule has 0 amide bonds. The van der Waals surface area contributed by atoms with Crippen molar-refractivity contribution < 1.29 is 28.7 Å². The number of hydrazine groups is 1. The maximum Gasteiger partial charge on any atom is 0.342 e. The lowest BCUT2D eigenvalue weighted by Gasteiger charge is -2.22. The van der Waals surface area contributed by atoms with Crippen molar-refractivity contribution in [2.45, 2.75) is 18.3 Å². The zero-order valence-electron chi connectivity index (χ0n) is 12.8. The molecule has 0 bridgehead atoms. The van der Waals surface area contributed by atoms with E-state index in [1.54, 1.807) is 0 Å². The van der Waals surface area contributed by atoms with E-state index in [1.807, 2.05) is 21.6 Å². The first kappa shape index (κ1) is 18.7. The number of hydrazone groups is 1. The second kappa shape index (κ2) is 8.92. The van der Waals surface area contributed by atoms with E-state index in [9.17, 15) is 0 Å². The summed E-state index contributed by atoms with van der Waals surface area (Å²) in [5.41, 5.74) is 0.379. The van der Waals surface area contributed by atoms with Crippen LogP contribution in [0.15, 0.2) is 0 Å². The molecule has 0 aromatic rings. The number of rotatable bonds is 5. The Bertz CT molecular complexity index is 332. The third kappa shape index (κ3) is 5.11. The Hall–Kier alpha value is 0.620. The predicted octanol–water partition coefficient (Wildman–Crippen LogP) is -2.24. The van der Waals surface area contributed by atoms with Gasteiger partial charge in [-0.15, -0.1) is 0 Å². The Balaban J connectivity index is 0.00000200. The Morgan fingerprint density at radius 2 is 1.90 bits per heavy atom. The molecule has 8 heteroatoms. The lowest BCUT2D eigenvalue weighted by Crippen LogP contribution is -3.00. The van der Waals surface area contributed by atoms with E-state index in [0.29, 0.717) is 5.50 Å². The second-order valence-corrected chi connectivity index (χ2v) is 7.80. The van der Waals surface area contributed by atoms with Gasteiger partial charge < -0.3 is 28.9 Å². The Morgan fingerprint density at radius 1 is 1.25 bits per heavy atom. The van der Waals surface area contributed by atoms with E-state index in [-0.39, 0.29) is 24.0 Å². The highest BCUT2D eigenvalue weighted by molar-refractivity contribution is 8.83. The molecule has 2 saturated heterocycles. The van der Waals surface area contributed by atoms with Crippen LogP contribution in [0.25, 0.3) is 0 Å². The molecule has 1 N–H and O–H groups in total. The Labute approximate surface area is 147 Å². The summed E-state index contributed by atoms with van der Waals surface area (Å²) in [6, 6.07) is 0. The third-order valence-electron chi connectivity index (χ3n) is 3.35. The Morgan fingerprint density at radius 3 is 2.40 bits per heavy atom. The smallest absolute Gasteiger partial charge is 0.342 e. The normalized spacial score (nSPS) is 25.1. The summed E-state index contributed by atoms with van der Waals surface area (Å²) in [4.78, 5) is 4.47. The van der Waals surface area contributed by atoms with Crippen molar-refractivity contribution in [2.75, 3.05) is 54.4 Å². The van der Waals surface area contributed by atoms with Crippen LogP contribution in [0, 0.1) is 0 Å². The van der Waals surface area contributed by atoms with Crippen molar-refractivity contribution in [3.8, 4) is 0 Å². The van der Waals surface area contributed by atoms with Gasteiger partial charge in [0.2, 0.25) is 5.50 Å². The minimum atomic E-state index is 0. The van der Waals surface area contributed by atoms with E-state index in [0.717, 1.165) is 13.1 Å². The highest BCUT2D eigenvalue weighted by Crippen LogP contribution is 2.34. The number of hydrogen-bond donors (Lipinski definition) is 1. The summed E-state index contributed by atoms with van der Waals surface area (Å²) in [6.07, 6.45) is 2.64. The van der Waals surface area contributed by atoms with Crippen LogP contribution >= 0.6 is 21.6 Å². The van der Waals surface area contributed by atoms with Gasteiger partial charge in [0.25, 0.3) is 0 Å². The number of nitrogens with zero attached hydrogens (tertiary/aromatic N) is 4. The highest BCUT2D eigenvalue weighted by atomic mass is 127. The molecular weight excluding hydrogens is 405 g/mol. The van der Waals surface area contributed by atoms with Crippen molar-refractivity contribution in [2.24, 2.45) is 0 Å². The maximum absolute atomic E-state index is 3.63. The molecule has 0 aromatic carbocycles. The van der Waals surface area contributed by atoms with Crippen molar-refractivity contribution in [1.82, 2.24) is 20.1 Å². The molecule has 0 aliphatic carbocycles. The summed E-state index contributed by atoms with van der Waals surface area (Å²) < 4.78 is 2.45. The molecule has 2 aliphatic rings. The molecule has 20 heavy (non-hydrogen) atoms. The van der Waals surface area contributed by atoms with Gasteiger partial charge in [-0.1, -0.05) is 0 Å². The maximum atomic E-state index is 3.63. The van der Waals surface area contributed by atoms with E-state index in [2.05, 4.69) is 53.0 Å². The van der Waals surface area contributed by atoms with E-state index in [4.69, 9.17) is 0 Å². The van der Waals surface area contributed by atoms with Crippen LogP contribution in [0.4, 0.5) is 0 Å². The number of nitrogens with one attached hydrogen (secondary N) is 1. The summed E-state index contributed by atoms with van der Waals surface area (Å²) >= 11 is 0. The Kier molecular flexibility index (Phi) is 8.32. The molecule has 2 heterocycles. The SMILES string of the molecule is CN(C)CC[N+](=C1NC(N(C)C)SS1)N1CCCC1.[I-]. The standard InChI is InChI=1S/C12H25N5S2.HI/c1-14(2)9-10-17(16-7-5-6-8-16)12-13-11(15(3)4)18-19-12;/h11H,5-10H2,1-4H3;1H. The van der Waals surface area contributed by atoms with Crippen LogP contribution in [-0.4, -0.2) is 84.5 Å². The van der Waals surface area contributed by atoms with E-state index < -0.39 is 0 Å². The number of hydrogen-bond acceptors (Lipinski definition) is 5. The van der Waals surface area contributed by atoms with Crippen molar-refractivity contribution in [1.29, 1.82) is 0 Å². The number of amidine groups is 1. The minimum absolute atomic E-state index is 0. The third-order valence-corrected chi connectivity index (χ3v) is 5.97. The van der Waals surface area contributed by atoms with Crippen molar-refractivity contribution >= 4 is 26.8 Å². The monoisotopic (exact) mass is 431 g/mol. The molecule has 0 radical (unpaired) electrons. The lowest BCUT2D eigenvalue weighted by molar-refractivity contribution is -0.685. The average Bonchev–Trinajstić information content (AvgIpc) is 2.98. The van der Waals surface area contributed by atoms with Gasteiger partial charge in [-0.05, 0) is 51.8 Å². The summed E-state index contributed by atoms with van der Waals surface area (Å²) in [6.45, 7) is 4.52. The van der Waals surface area contributed by atoms with Gasteiger partial charge in [-0.25, -0.2) is 10.3 Å². The molecule has 1 atom stereocenters. The molecule has 1 unspecified atom stereocenters. The van der Waals surface area contributed by atoms with Gasteiger partial charge in [-0.3, -0.25) is 4.90 Å². The topological polar surface area (TPSA) is 24.8 Å². The van der Waals surface area contributed by atoms with Crippen LogP contribution in [-0.2, 0) is 0 Å². The van der Waals surface area contributed by atoms with Gasteiger partial charge in [0.15, 0.2) is 0 Å². The summed E-state index contributed by atoms with van der Waals surface area (Å²) in [7, 11) is 12.3. The average molecular weight is 431 g/mol. The fourth-order valence-corrected chi connectivity index (χ4v) is 4.84. The molecule has 0 aromatic heterocycles. The largest absolute Gasteiger partial charge is 1.00 e. The first-order valence-corrected chi connectivity index (χ1v) is 9.09. The fourth-order valence-electron chi connectivity index (χ4n) is 2.19. The minimum Gasteiger partial charge on any atom is -1.00 e. The van der Waals surface area contributed by atoms with Crippen molar-refractivity contribution in [3.63, 3.8) is 0 Å². The first-order valence-electron chi connectivity index (χ1n) is 6.88. The molecular formula is C12H26IN5S2. The predicted molar refractivity (Wildman–Crippen MR) is 85.3 cm³/mol. The van der Waals surface area contributed by atoms with Crippen LogP contribution < -0.4 is 29.3 Å². The van der Waals surface area contributed by atoms with Gasteiger partial charge in [-0.2, -0.15) is 4.68 Å². The lowest BCUT2D eigenvalue weighted by atomic mass is 10.4. The van der Waals surface area contributed by atoms with Gasteiger partial charge in [0.1, 0.15) is 6.54 Å². The molecule has 2 rings (SSSR count). The molecule has 0 spiro atoms. The number of halogens is 1.